The minimum atomic E-state index is -6.40. The summed E-state index contributed by atoms with van der Waals surface area (Å²) in [4.78, 5) is 23.4. The molecule has 1 atom stereocenters. The topological polar surface area (TPSA) is 79.5 Å². The van der Waals surface area contributed by atoms with E-state index in [1.807, 2.05) is 0 Å². The van der Waals surface area contributed by atoms with Crippen LogP contribution in [0.2, 0.25) is 0 Å². The number of pyridine rings is 1. The first-order valence-corrected chi connectivity index (χ1v) is 7.07. The van der Waals surface area contributed by atoms with Crippen molar-refractivity contribution in [3.8, 4) is 5.88 Å². The van der Waals surface area contributed by atoms with E-state index in [-0.39, 0.29) is 0 Å². The van der Waals surface area contributed by atoms with Crippen LogP contribution in [-0.2, 0) is 16.1 Å². The largest absolute Gasteiger partial charge is 0.746 e. The second-order valence-electron chi connectivity index (χ2n) is 4.47. The van der Waals surface area contributed by atoms with Crippen molar-refractivity contribution in [1.82, 2.24) is 0 Å². The van der Waals surface area contributed by atoms with Gasteiger partial charge in [-0.1, -0.05) is 0 Å². The van der Waals surface area contributed by atoms with Gasteiger partial charge in [-0.05, 0) is 6.07 Å². The van der Waals surface area contributed by atoms with Crippen LogP contribution in [0.3, 0.4) is 0 Å². The second kappa shape index (κ2) is 4.92. The van der Waals surface area contributed by atoms with E-state index < -0.39 is 43.0 Å². The summed E-state index contributed by atoms with van der Waals surface area (Å²) in [6, 6.07) is 1.51. The fourth-order valence-electron chi connectivity index (χ4n) is 1.93. The summed E-state index contributed by atoms with van der Waals surface area (Å²) in [6.07, 6.45) is -11.7. The average Bonchev–Trinajstić information content (AvgIpc) is 2.43. The number of ketones is 1. The molecule has 0 saturated heterocycles. The highest BCUT2D eigenvalue weighted by molar-refractivity contribution is 7.46. The van der Waals surface area contributed by atoms with E-state index >= 15 is 0 Å². The van der Waals surface area contributed by atoms with Crippen LogP contribution >= 0.6 is 7.82 Å². The molecule has 0 aromatic carbocycles. The summed E-state index contributed by atoms with van der Waals surface area (Å²) < 4.78 is 98.0. The van der Waals surface area contributed by atoms with Gasteiger partial charge in [0.15, 0.2) is 6.20 Å². The van der Waals surface area contributed by atoms with Crippen molar-refractivity contribution in [1.29, 1.82) is 0 Å². The molecule has 0 bridgehead atoms. The summed E-state index contributed by atoms with van der Waals surface area (Å²) in [5.41, 5.74) is -6.82. The Balaban J connectivity index is 2.89. The van der Waals surface area contributed by atoms with Crippen LogP contribution in [0, 0.1) is 0 Å². The van der Waals surface area contributed by atoms with E-state index in [2.05, 4.69) is 9.05 Å². The number of carbonyl (C=O) groups is 1. The number of phosphoric ester groups is 1. The predicted molar refractivity (Wildman–Crippen MR) is 56.1 cm³/mol. The standard InChI is InChI=1S/C10H6F6NO5P/c1-17-4-2-3-5-6(18)8(9(11,12)13,10(14,15)16)22-23(19,20)21-7(5)17/h2-4H,1H3. The zero-order valence-electron chi connectivity index (χ0n) is 10.9. The Morgan fingerprint density at radius 2 is 1.74 bits per heavy atom. The normalized spacial score (nSPS) is 24.6. The van der Waals surface area contributed by atoms with E-state index in [0.717, 1.165) is 23.9 Å². The number of halogens is 6. The minimum absolute atomic E-state index is 0.568. The lowest BCUT2D eigenvalue weighted by Gasteiger charge is -2.36. The third-order valence-electron chi connectivity index (χ3n) is 2.93. The highest BCUT2D eigenvalue weighted by atomic mass is 31.2. The third kappa shape index (κ3) is 2.60. The first-order valence-electron chi connectivity index (χ1n) is 5.61. The van der Waals surface area contributed by atoms with Crippen molar-refractivity contribution >= 4 is 13.6 Å². The lowest BCUT2D eigenvalue weighted by molar-refractivity contribution is -0.675. The number of carbonyl (C=O) groups excluding carboxylic acids is 1. The fraction of sp³-hybridized carbons (Fsp3) is 0.400. The maximum atomic E-state index is 13.1. The molecular weight excluding hydrogens is 359 g/mol. The average molecular weight is 365 g/mol. The molecule has 0 saturated carbocycles. The number of aromatic nitrogens is 1. The van der Waals surface area contributed by atoms with Crippen molar-refractivity contribution in [3.05, 3.63) is 23.9 Å². The number of fused-ring (bicyclic) bond motifs is 1. The molecule has 1 aromatic rings. The van der Waals surface area contributed by atoms with Crippen molar-refractivity contribution in [2.45, 2.75) is 18.0 Å². The summed E-state index contributed by atoms with van der Waals surface area (Å²) in [7, 11) is -5.12. The molecule has 1 aliphatic rings. The Morgan fingerprint density at radius 3 is 2.22 bits per heavy atom. The fourth-order valence-corrected chi connectivity index (χ4v) is 3.03. The number of alkyl halides is 6. The quantitative estimate of drug-likeness (QED) is 0.395. The van der Waals surface area contributed by atoms with Gasteiger partial charge in [-0.25, -0.2) is 0 Å². The molecule has 0 spiro atoms. The molecule has 1 aliphatic heterocycles. The lowest BCUT2D eigenvalue weighted by atomic mass is 9.92. The van der Waals surface area contributed by atoms with Crippen molar-refractivity contribution in [2.24, 2.45) is 7.05 Å². The number of hydrogen-bond donors (Lipinski definition) is 0. The molecule has 0 aliphatic carbocycles. The van der Waals surface area contributed by atoms with E-state index in [4.69, 9.17) is 0 Å². The first-order chi connectivity index (χ1) is 10.2. The molecule has 0 N–H and O–H groups in total. The first kappa shape index (κ1) is 17.7. The van der Waals surface area contributed by atoms with E-state index in [1.54, 1.807) is 0 Å². The SMILES string of the molecule is C[n+]1cccc2c1OP(=O)([O-])OC(C(F)(F)F)(C(F)(F)F)C2=O. The summed E-state index contributed by atoms with van der Waals surface area (Å²) >= 11 is 0. The van der Waals surface area contributed by atoms with Crippen LogP contribution in [0.25, 0.3) is 0 Å². The molecule has 0 radical (unpaired) electrons. The number of rotatable bonds is 0. The van der Waals surface area contributed by atoms with Crippen molar-refractivity contribution in [3.63, 3.8) is 0 Å². The minimum Gasteiger partial charge on any atom is -0.746 e. The van der Waals surface area contributed by atoms with Gasteiger partial charge in [0.05, 0.1) is 0 Å². The Hall–Kier alpha value is -1.65. The molecule has 128 valence electrons. The lowest BCUT2D eigenvalue weighted by Crippen LogP contribution is -2.63. The van der Waals surface area contributed by atoms with Gasteiger partial charge in [0, 0.05) is 6.07 Å². The van der Waals surface area contributed by atoms with Crippen LogP contribution in [0.15, 0.2) is 18.3 Å². The molecule has 6 nitrogen and oxygen atoms in total. The predicted octanol–water partition coefficient (Wildman–Crippen LogP) is 1.43. The Kier molecular flexibility index (Phi) is 3.79. The smallest absolute Gasteiger partial charge is 0.434 e. The molecule has 1 unspecified atom stereocenters. The highest BCUT2D eigenvalue weighted by Gasteiger charge is 2.79. The number of phosphoric acid groups is 1. The van der Waals surface area contributed by atoms with Gasteiger partial charge >= 0.3 is 31.7 Å². The molecule has 2 heterocycles. The van der Waals surface area contributed by atoms with Gasteiger partial charge < -0.3 is 9.42 Å². The van der Waals surface area contributed by atoms with Gasteiger partial charge in [-0.3, -0.25) is 13.9 Å². The van der Waals surface area contributed by atoms with Crippen LogP contribution in [0.1, 0.15) is 10.4 Å². The van der Waals surface area contributed by atoms with E-state index in [1.165, 1.54) is 0 Å². The van der Waals surface area contributed by atoms with Gasteiger partial charge in [0.1, 0.15) is 12.6 Å². The monoisotopic (exact) mass is 365 g/mol. The van der Waals surface area contributed by atoms with E-state index in [0.29, 0.717) is 6.07 Å². The van der Waals surface area contributed by atoms with Gasteiger partial charge in [-0.15, -0.1) is 0 Å². The molecule has 1 aromatic heterocycles. The molecule has 0 fully saturated rings. The number of hydrogen-bond acceptors (Lipinski definition) is 5. The van der Waals surface area contributed by atoms with E-state index in [9.17, 15) is 40.6 Å². The van der Waals surface area contributed by atoms with Crippen molar-refractivity contribution in [2.75, 3.05) is 0 Å². The zero-order chi connectivity index (χ0) is 17.8. The Morgan fingerprint density at radius 1 is 1.22 bits per heavy atom. The summed E-state index contributed by atoms with van der Waals surface area (Å²) in [5, 5.41) is 0. The van der Waals surface area contributed by atoms with Gasteiger partial charge in [0.2, 0.25) is 5.78 Å². The van der Waals surface area contributed by atoms with Crippen LogP contribution in [0.5, 0.6) is 5.88 Å². The van der Waals surface area contributed by atoms with Gasteiger partial charge in [-0.2, -0.15) is 30.9 Å². The molecular formula is C10H6F6NO5P. The van der Waals surface area contributed by atoms with Gasteiger partial charge in [0.25, 0.3) is 0 Å². The molecule has 0 amide bonds. The summed E-state index contributed by atoms with van der Waals surface area (Å²) in [6.45, 7) is 0. The summed E-state index contributed by atoms with van der Waals surface area (Å²) in [5.74, 6) is -3.66. The molecule has 23 heavy (non-hydrogen) atoms. The molecule has 13 heteroatoms. The maximum Gasteiger partial charge on any atom is 0.434 e. The molecule has 2 rings (SSSR count). The Bertz CT molecular complexity index is 701. The number of nitrogens with zero attached hydrogens (tertiary/aromatic N) is 1. The maximum absolute atomic E-state index is 13.1. The Labute approximate surface area is 123 Å². The highest BCUT2D eigenvalue weighted by Crippen LogP contribution is 2.58. The van der Waals surface area contributed by atoms with Crippen LogP contribution < -0.4 is 14.0 Å². The number of aryl methyl sites for hydroxylation is 1. The third-order valence-corrected chi connectivity index (χ3v) is 3.83. The zero-order valence-corrected chi connectivity index (χ0v) is 11.8. The second-order valence-corrected chi connectivity index (χ2v) is 5.73. The number of Topliss-reactive ketones (excluding diaryl/α,β-unsaturated/α-hetero) is 1. The van der Waals surface area contributed by atoms with Crippen LogP contribution in [0.4, 0.5) is 26.3 Å². The van der Waals surface area contributed by atoms with Crippen LogP contribution in [-0.4, -0.2) is 23.7 Å². The van der Waals surface area contributed by atoms with Crippen molar-refractivity contribution < 1.29 is 54.2 Å².